The van der Waals surface area contributed by atoms with Crippen molar-refractivity contribution in [1.82, 2.24) is 5.32 Å². The van der Waals surface area contributed by atoms with Gasteiger partial charge in [0, 0.05) is 0 Å². The molecule has 3 atom stereocenters. The summed E-state index contributed by atoms with van der Waals surface area (Å²) in [5, 5.41) is 2.68. The molecule has 102 valence electrons. The zero-order chi connectivity index (χ0) is 14.0. The molecule has 1 amide bonds. The number of nitrogens with one attached hydrogen (secondary N) is 1. The first kappa shape index (κ1) is 13.5. The topological polar surface area (TPSA) is 67.9 Å². The minimum Gasteiger partial charge on any atom is -0.467 e. The summed E-state index contributed by atoms with van der Waals surface area (Å²) in [5.41, 5.74) is -0.166. The fourth-order valence-corrected chi connectivity index (χ4v) is 1.89. The molecule has 1 aromatic rings. The third-order valence-electron chi connectivity index (χ3n) is 3.44. The smallest absolute Gasteiger partial charge is 0.333 e. The number of hydrogen-bond acceptors (Lipinski definition) is 4. The minimum atomic E-state index is -0.846. The third-order valence-corrected chi connectivity index (χ3v) is 3.44. The summed E-state index contributed by atoms with van der Waals surface area (Å²) in [6.45, 7) is 3.52. The highest BCUT2D eigenvalue weighted by Gasteiger charge is 2.56. The molecular weight excluding hydrogens is 246 g/mol. The van der Waals surface area contributed by atoms with Crippen molar-refractivity contribution in [2.75, 3.05) is 7.11 Å². The molecule has 1 saturated heterocycles. The van der Waals surface area contributed by atoms with Crippen molar-refractivity contribution < 1.29 is 19.1 Å². The summed E-state index contributed by atoms with van der Waals surface area (Å²) >= 11 is 0. The number of rotatable bonds is 4. The van der Waals surface area contributed by atoms with Gasteiger partial charge >= 0.3 is 5.97 Å². The van der Waals surface area contributed by atoms with Crippen LogP contribution in [0.15, 0.2) is 30.3 Å². The maximum atomic E-state index is 12.1. The Labute approximate surface area is 111 Å². The van der Waals surface area contributed by atoms with Crippen molar-refractivity contribution in [3.63, 3.8) is 0 Å². The van der Waals surface area contributed by atoms with Gasteiger partial charge in [0.25, 0.3) is 5.91 Å². The SMILES string of the molecule is COC(=O)[C@H](NC(=O)[C@@]1(C)O[C@H]1C)c1ccccc1. The fraction of sp³-hybridized carbons (Fsp3) is 0.429. The average molecular weight is 263 g/mol. The Morgan fingerprint density at radius 2 is 1.95 bits per heavy atom. The van der Waals surface area contributed by atoms with Crippen LogP contribution in [0.2, 0.25) is 0 Å². The normalized spacial score (nSPS) is 26.4. The summed E-state index contributed by atoms with van der Waals surface area (Å²) in [4.78, 5) is 23.9. The molecule has 0 spiro atoms. The molecule has 1 aliphatic heterocycles. The van der Waals surface area contributed by atoms with E-state index in [9.17, 15) is 9.59 Å². The number of carbonyl (C=O) groups is 2. The van der Waals surface area contributed by atoms with Gasteiger partial charge in [-0.25, -0.2) is 4.79 Å². The lowest BCUT2D eigenvalue weighted by Gasteiger charge is -2.18. The van der Waals surface area contributed by atoms with Crippen LogP contribution in [0, 0.1) is 0 Å². The number of carbonyl (C=O) groups excluding carboxylic acids is 2. The van der Waals surface area contributed by atoms with E-state index in [-0.39, 0.29) is 12.0 Å². The van der Waals surface area contributed by atoms with Crippen LogP contribution < -0.4 is 5.32 Å². The molecule has 1 N–H and O–H groups in total. The van der Waals surface area contributed by atoms with E-state index in [0.717, 1.165) is 0 Å². The van der Waals surface area contributed by atoms with Crippen LogP contribution in [0.5, 0.6) is 0 Å². The molecule has 0 bridgehead atoms. The average Bonchev–Trinajstić information content (AvgIpc) is 3.05. The Morgan fingerprint density at radius 3 is 2.42 bits per heavy atom. The number of amides is 1. The first-order chi connectivity index (χ1) is 8.99. The Hall–Kier alpha value is -1.88. The third kappa shape index (κ3) is 2.61. The second-order valence-electron chi connectivity index (χ2n) is 4.71. The van der Waals surface area contributed by atoms with Gasteiger partial charge in [0.1, 0.15) is 0 Å². The predicted molar refractivity (Wildman–Crippen MR) is 68.3 cm³/mol. The molecule has 2 rings (SSSR count). The van der Waals surface area contributed by atoms with Crippen LogP contribution >= 0.6 is 0 Å². The summed E-state index contributed by atoms with van der Waals surface area (Å²) < 4.78 is 9.99. The van der Waals surface area contributed by atoms with E-state index >= 15 is 0 Å². The molecule has 0 saturated carbocycles. The molecule has 1 aromatic carbocycles. The van der Waals surface area contributed by atoms with Crippen LogP contribution in [0.1, 0.15) is 25.5 Å². The highest BCUT2D eigenvalue weighted by molar-refractivity contribution is 5.92. The summed E-state index contributed by atoms with van der Waals surface area (Å²) in [7, 11) is 1.29. The second kappa shape index (κ2) is 5.01. The van der Waals surface area contributed by atoms with Crippen LogP contribution in [0.25, 0.3) is 0 Å². The van der Waals surface area contributed by atoms with Gasteiger partial charge in [-0.05, 0) is 19.4 Å². The molecule has 19 heavy (non-hydrogen) atoms. The molecule has 1 aliphatic rings. The molecule has 5 heteroatoms. The summed E-state index contributed by atoms with van der Waals surface area (Å²) in [5.74, 6) is -0.810. The molecule has 0 aliphatic carbocycles. The monoisotopic (exact) mass is 263 g/mol. The maximum Gasteiger partial charge on any atom is 0.333 e. The van der Waals surface area contributed by atoms with E-state index in [1.54, 1.807) is 31.2 Å². The van der Waals surface area contributed by atoms with Crippen molar-refractivity contribution in [1.29, 1.82) is 0 Å². The number of hydrogen-bond donors (Lipinski definition) is 1. The van der Waals surface area contributed by atoms with Crippen LogP contribution in [-0.2, 0) is 19.1 Å². The maximum absolute atomic E-state index is 12.1. The lowest BCUT2D eigenvalue weighted by molar-refractivity contribution is -0.145. The number of benzene rings is 1. The Morgan fingerprint density at radius 1 is 1.37 bits per heavy atom. The number of esters is 1. The largest absolute Gasteiger partial charge is 0.467 e. The van der Waals surface area contributed by atoms with Gasteiger partial charge in [0.15, 0.2) is 11.6 Å². The van der Waals surface area contributed by atoms with Gasteiger partial charge in [0.2, 0.25) is 0 Å². The molecule has 0 unspecified atom stereocenters. The summed E-state index contributed by atoms with van der Waals surface area (Å²) in [6.07, 6.45) is -0.137. The molecule has 5 nitrogen and oxygen atoms in total. The predicted octanol–water partition coefficient (Wildman–Crippen LogP) is 1.19. The van der Waals surface area contributed by atoms with Crippen LogP contribution in [0.3, 0.4) is 0 Å². The molecule has 1 heterocycles. The number of methoxy groups -OCH3 is 1. The first-order valence-corrected chi connectivity index (χ1v) is 6.10. The first-order valence-electron chi connectivity index (χ1n) is 6.10. The number of epoxide rings is 1. The van der Waals surface area contributed by atoms with Gasteiger partial charge in [0.05, 0.1) is 13.2 Å². The van der Waals surface area contributed by atoms with E-state index in [2.05, 4.69) is 5.32 Å². The minimum absolute atomic E-state index is 0.137. The van der Waals surface area contributed by atoms with Gasteiger partial charge in [-0.3, -0.25) is 4.79 Å². The van der Waals surface area contributed by atoms with Crippen LogP contribution in [-0.4, -0.2) is 30.7 Å². The van der Waals surface area contributed by atoms with Gasteiger partial charge in [-0.2, -0.15) is 0 Å². The van der Waals surface area contributed by atoms with Gasteiger partial charge in [-0.1, -0.05) is 30.3 Å². The fourth-order valence-electron chi connectivity index (χ4n) is 1.89. The molecule has 0 aromatic heterocycles. The summed E-state index contributed by atoms with van der Waals surface area (Å²) in [6, 6.07) is 8.16. The van der Waals surface area contributed by atoms with Crippen molar-refractivity contribution in [3.05, 3.63) is 35.9 Å². The van der Waals surface area contributed by atoms with Gasteiger partial charge < -0.3 is 14.8 Å². The zero-order valence-corrected chi connectivity index (χ0v) is 11.2. The quantitative estimate of drug-likeness (QED) is 0.654. The Kier molecular flexibility index (Phi) is 3.57. The number of ether oxygens (including phenoxy) is 2. The standard InChI is InChI=1S/C14H17NO4/c1-9-14(2,19-9)13(17)15-11(12(16)18-3)10-7-5-4-6-8-10/h4-9,11H,1-3H3,(H,15,17)/t9-,11+,14-/m0/s1. The van der Waals surface area contributed by atoms with Crippen molar-refractivity contribution >= 4 is 11.9 Å². The lowest BCUT2D eigenvalue weighted by Crippen LogP contribution is -2.42. The van der Waals surface area contributed by atoms with E-state index in [1.807, 2.05) is 13.0 Å². The Bertz CT molecular complexity index is 487. The highest BCUT2D eigenvalue weighted by Crippen LogP contribution is 2.36. The van der Waals surface area contributed by atoms with Crippen molar-refractivity contribution in [2.45, 2.75) is 31.6 Å². The van der Waals surface area contributed by atoms with Crippen LogP contribution in [0.4, 0.5) is 0 Å². The highest BCUT2D eigenvalue weighted by atomic mass is 16.6. The second-order valence-corrected chi connectivity index (χ2v) is 4.71. The molecular formula is C14H17NO4. The van der Waals surface area contributed by atoms with E-state index in [4.69, 9.17) is 9.47 Å². The van der Waals surface area contributed by atoms with Crippen molar-refractivity contribution in [3.8, 4) is 0 Å². The van der Waals surface area contributed by atoms with E-state index < -0.39 is 17.6 Å². The van der Waals surface area contributed by atoms with Crippen molar-refractivity contribution in [2.24, 2.45) is 0 Å². The lowest BCUT2D eigenvalue weighted by atomic mass is 10.0. The van der Waals surface area contributed by atoms with Gasteiger partial charge in [-0.15, -0.1) is 0 Å². The molecule has 0 radical (unpaired) electrons. The van der Waals surface area contributed by atoms with E-state index in [1.165, 1.54) is 7.11 Å². The Balaban J connectivity index is 2.16. The van der Waals surface area contributed by atoms with E-state index in [0.29, 0.717) is 5.56 Å². The molecule has 1 fully saturated rings. The zero-order valence-electron chi connectivity index (χ0n) is 11.2.